The van der Waals surface area contributed by atoms with Gasteiger partial charge in [-0.2, -0.15) is 0 Å². The second kappa shape index (κ2) is 26.7. The number of nitrogens with one attached hydrogen (secondary N) is 1. The molecule has 0 bridgehead atoms. The zero-order valence-electron chi connectivity index (χ0n) is 37.3. The summed E-state index contributed by atoms with van der Waals surface area (Å²) in [5.74, 6) is -0.932. The van der Waals surface area contributed by atoms with E-state index in [4.69, 9.17) is 28.9 Å². The maximum absolute atomic E-state index is 14.4. The predicted molar refractivity (Wildman–Crippen MR) is 236 cm³/mol. The third-order valence-electron chi connectivity index (χ3n) is 12.3. The lowest BCUT2D eigenvalue weighted by atomic mass is 9.55. The van der Waals surface area contributed by atoms with E-state index in [-0.39, 0.29) is 37.6 Å². The Labute approximate surface area is 360 Å². The number of hydrogen-bond acceptors (Lipinski definition) is 10. The zero-order valence-corrected chi connectivity index (χ0v) is 37.3. The van der Waals surface area contributed by atoms with Crippen LogP contribution in [0.2, 0.25) is 0 Å². The van der Waals surface area contributed by atoms with Gasteiger partial charge >= 0.3 is 12.2 Å². The smallest absolute Gasteiger partial charge is 0.412 e. The van der Waals surface area contributed by atoms with Crippen LogP contribution in [0.25, 0.3) is 0 Å². The molecule has 1 heterocycles. The number of allylic oxidation sites excluding steroid dienone is 1. The van der Waals surface area contributed by atoms with Crippen LogP contribution in [0.4, 0.5) is 9.59 Å². The summed E-state index contributed by atoms with van der Waals surface area (Å²) in [5.41, 5.74) is 2.58. The minimum absolute atomic E-state index is 0.0491. The zero-order chi connectivity index (χ0) is 43.2. The van der Waals surface area contributed by atoms with Crippen LogP contribution < -0.4 is 14.8 Å². The van der Waals surface area contributed by atoms with Gasteiger partial charge in [-0.15, -0.1) is 6.58 Å². The standard InChI is InChI=1S/C48H77N3O9/c1-6-11-12-13-14-15-16-17-18-23-32-56-47(55)51(28-7-2)43-35-41(50-58-10-5)39-33-36(24-19-21-29-52)38(25-20-22-30-53)44-40-34-37(59-46(54)49-9-4)26-27-42(40)60-48(43,45(39)44)57-31-8-3/h8,26-27,33-34,36,38,43-45,52-53H,3,6-7,9-25,28-32,35H2,1-2,4-5H3,(H,49,54)/t36-,38+,43-,44+,45+,48+/m0/s1. The van der Waals surface area contributed by atoms with Crippen molar-refractivity contribution in [2.24, 2.45) is 22.9 Å². The molecule has 12 heteroatoms. The van der Waals surface area contributed by atoms with Gasteiger partial charge in [0, 0.05) is 44.2 Å². The molecule has 60 heavy (non-hydrogen) atoms. The van der Waals surface area contributed by atoms with Gasteiger partial charge in [0.15, 0.2) is 0 Å². The summed E-state index contributed by atoms with van der Waals surface area (Å²) in [5, 5.41) is 27.2. The van der Waals surface area contributed by atoms with Crippen molar-refractivity contribution in [3.05, 3.63) is 48.1 Å². The Hall–Kier alpha value is -3.61. The molecule has 1 aliphatic heterocycles. The topological polar surface area (TPSA) is 148 Å². The Bertz CT molecular complexity index is 1520. The number of aliphatic hydroxyl groups excluding tert-OH is 2. The lowest BCUT2D eigenvalue weighted by Gasteiger charge is -2.59. The van der Waals surface area contributed by atoms with Crippen LogP contribution in [0.1, 0.15) is 155 Å². The van der Waals surface area contributed by atoms with Gasteiger partial charge in [0.05, 0.1) is 24.8 Å². The van der Waals surface area contributed by atoms with E-state index in [0.29, 0.717) is 63.5 Å². The molecular formula is C48H77N3O9. The molecule has 0 spiro atoms. The van der Waals surface area contributed by atoms with Gasteiger partial charge in [-0.3, -0.25) is 4.90 Å². The van der Waals surface area contributed by atoms with E-state index in [1.807, 2.05) is 32.9 Å². The fraction of sp³-hybridized carbons (Fsp3) is 0.729. The number of carbonyl (C=O) groups excluding carboxylic acids is 2. The molecule has 3 N–H and O–H groups in total. The minimum atomic E-state index is -1.37. The molecule has 12 nitrogen and oxygen atoms in total. The molecule has 1 aromatic rings. The van der Waals surface area contributed by atoms with E-state index in [1.54, 1.807) is 17.0 Å². The number of unbranched alkanes of at least 4 members (excludes halogenated alkanes) is 11. The molecule has 1 saturated carbocycles. The molecule has 4 rings (SSSR count). The van der Waals surface area contributed by atoms with Gasteiger partial charge in [0.1, 0.15) is 24.1 Å². The average Bonchev–Trinajstić information content (AvgIpc) is 3.24. The van der Waals surface area contributed by atoms with Crippen molar-refractivity contribution in [1.29, 1.82) is 0 Å². The predicted octanol–water partition coefficient (Wildman–Crippen LogP) is 10.2. The van der Waals surface area contributed by atoms with Crippen LogP contribution in [0, 0.1) is 17.8 Å². The summed E-state index contributed by atoms with van der Waals surface area (Å²) in [6.45, 7) is 14.0. The number of benzene rings is 1. The molecule has 0 unspecified atom stereocenters. The fourth-order valence-electron chi connectivity index (χ4n) is 9.59. The van der Waals surface area contributed by atoms with Gasteiger partial charge in [0.2, 0.25) is 5.79 Å². The van der Waals surface area contributed by atoms with Crippen molar-refractivity contribution in [3.63, 3.8) is 0 Å². The van der Waals surface area contributed by atoms with E-state index in [1.165, 1.54) is 44.9 Å². The highest BCUT2D eigenvalue weighted by Gasteiger charge is 2.65. The van der Waals surface area contributed by atoms with E-state index < -0.39 is 29.9 Å². The van der Waals surface area contributed by atoms with Crippen LogP contribution in [0.15, 0.2) is 47.7 Å². The first-order chi connectivity index (χ1) is 29.3. The molecule has 0 aromatic heterocycles. The Balaban J connectivity index is 1.79. The number of amides is 2. The Morgan fingerprint density at radius 1 is 0.933 bits per heavy atom. The number of nitrogens with zero attached hydrogens (tertiary/aromatic N) is 2. The van der Waals surface area contributed by atoms with Crippen LogP contribution in [-0.4, -0.2) is 91.0 Å². The highest BCUT2D eigenvalue weighted by Crippen LogP contribution is 2.62. The van der Waals surface area contributed by atoms with Gasteiger partial charge in [-0.05, 0) is 88.0 Å². The molecule has 2 amide bonds. The van der Waals surface area contributed by atoms with Crippen molar-refractivity contribution in [2.45, 2.75) is 161 Å². The van der Waals surface area contributed by atoms with Gasteiger partial charge in [-0.25, -0.2) is 9.59 Å². The minimum Gasteiger partial charge on any atom is -0.459 e. The van der Waals surface area contributed by atoms with Crippen LogP contribution in [0.3, 0.4) is 0 Å². The van der Waals surface area contributed by atoms with Crippen molar-refractivity contribution < 1.29 is 43.6 Å². The van der Waals surface area contributed by atoms with Gasteiger partial charge in [-0.1, -0.05) is 102 Å². The highest BCUT2D eigenvalue weighted by molar-refractivity contribution is 6.03. The molecule has 2 aliphatic carbocycles. The molecule has 1 fully saturated rings. The Morgan fingerprint density at radius 3 is 2.28 bits per heavy atom. The van der Waals surface area contributed by atoms with Crippen molar-refractivity contribution in [2.75, 3.05) is 46.1 Å². The quantitative estimate of drug-likeness (QED) is 0.0407. The van der Waals surface area contributed by atoms with Crippen molar-refractivity contribution >= 4 is 17.9 Å². The molecule has 6 atom stereocenters. The number of aliphatic hydroxyl groups is 2. The molecule has 0 saturated heterocycles. The lowest BCUT2D eigenvalue weighted by Crippen LogP contribution is -2.70. The van der Waals surface area contributed by atoms with Crippen LogP contribution in [0.5, 0.6) is 11.5 Å². The lowest BCUT2D eigenvalue weighted by molar-refractivity contribution is -0.255. The monoisotopic (exact) mass is 840 g/mol. The number of rotatable bonds is 29. The molecular weight excluding hydrogens is 763 g/mol. The summed E-state index contributed by atoms with van der Waals surface area (Å²) >= 11 is 0. The number of oxime groups is 1. The summed E-state index contributed by atoms with van der Waals surface area (Å²) in [7, 11) is 0. The summed E-state index contributed by atoms with van der Waals surface area (Å²) < 4.78 is 26.1. The van der Waals surface area contributed by atoms with Crippen molar-refractivity contribution in [1.82, 2.24) is 10.2 Å². The summed E-state index contributed by atoms with van der Waals surface area (Å²) in [6.07, 6.45) is 20.6. The average molecular weight is 840 g/mol. The number of hydrogen-bond donors (Lipinski definition) is 3. The fourth-order valence-corrected chi connectivity index (χ4v) is 9.59. The second-order valence-electron chi connectivity index (χ2n) is 16.6. The van der Waals surface area contributed by atoms with E-state index >= 15 is 0 Å². The number of carbonyl (C=O) groups is 2. The van der Waals surface area contributed by atoms with E-state index in [0.717, 1.165) is 61.8 Å². The first-order valence-electron chi connectivity index (χ1n) is 23.4. The molecule has 338 valence electrons. The summed E-state index contributed by atoms with van der Waals surface area (Å²) in [4.78, 5) is 34.7. The maximum Gasteiger partial charge on any atom is 0.412 e. The van der Waals surface area contributed by atoms with Gasteiger partial charge < -0.3 is 39.3 Å². The maximum atomic E-state index is 14.4. The Kier molecular flexibility index (Phi) is 21.8. The SMILES string of the molecule is C=CCO[C@@]12Oc3ccc(OC(=O)NCC)cc3[C@H]3[C@H](CCCCO)[C@@H](CCCCO)C=C(C(=NOCC)C[C@@H]1N(CCC)C(=O)OCCCCCCCCCCCC)[C@H]32. The van der Waals surface area contributed by atoms with Crippen LogP contribution in [-0.2, 0) is 14.3 Å². The summed E-state index contributed by atoms with van der Waals surface area (Å²) in [6, 6.07) is 4.84. The third-order valence-corrected chi connectivity index (χ3v) is 12.3. The molecule has 0 radical (unpaired) electrons. The van der Waals surface area contributed by atoms with Gasteiger partial charge in [0.25, 0.3) is 0 Å². The normalized spacial score (nSPS) is 23.5. The number of fused-ring (bicyclic) bond motifs is 2. The third kappa shape index (κ3) is 13.2. The van der Waals surface area contributed by atoms with E-state index in [2.05, 4.69) is 24.9 Å². The second-order valence-corrected chi connectivity index (χ2v) is 16.6. The Morgan fingerprint density at radius 2 is 1.63 bits per heavy atom. The molecule has 1 aromatic carbocycles. The first kappa shape index (κ1) is 49.0. The highest BCUT2D eigenvalue weighted by atomic mass is 16.7. The largest absolute Gasteiger partial charge is 0.459 e. The van der Waals surface area contributed by atoms with Crippen molar-refractivity contribution in [3.8, 4) is 11.5 Å². The number of ether oxygens (including phenoxy) is 4. The van der Waals surface area contributed by atoms with Crippen LogP contribution >= 0.6 is 0 Å². The first-order valence-corrected chi connectivity index (χ1v) is 23.4. The molecule has 3 aliphatic rings. The van der Waals surface area contributed by atoms with E-state index in [9.17, 15) is 19.8 Å².